The third-order valence-corrected chi connectivity index (χ3v) is 3.57. The van der Waals surface area contributed by atoms with E-state index < -0.39 is 0 Å². The second-order valence-electron chi connectivity index (χ2n) is 5.54. The van der Waals surface area contributed by atoms with Crippen LogP contribution in [0.4, 0.5) is 4.79 Å². The fraction of sp³-hybridized carbons (Fsp3) is 0.929. The molecule has 1 aliphatic heterocycles. The van der Waals surface area contributed by atoms with Crippen molar-refractivity contribution in [2.75, 3.05) is 33.7 Å². The highest BCUT2D eigenvalue weighted by Crippen LogP contribution is 2.11. The lowest BCUT2D eigenvalue weighted by Gasteiger charge is -2.33. The molecule has 4 heteroatoms. The van der Waals surface area contributed by atoms with E-state index in [0.717, 1.165) is 13.0 Å². The van der Waals surface area contributed by atoms with Gasteiger partial charge in [0.25, 0.3) is 0 Å². The third kappa shape index (κ3) is 5.71. The van der Waals surface area contributed by atoms with Crippen LogP contribution in [0.3, 0.4) is 0 Å². The summed E-state index contributed by atoms with van der Waals surface area (Å²) in [6.07, 6.45) is 7.58. The van der Waals surface area contributed by atoms with Crippen molar-refractivity contribution in [2.24, 2.45) is 0 Å². The van der Waals surface area contributed by atoms with Crippen LogP contribution in [0.15, 0.2) is 0 Å². The Morgan fingerprint density at radius 2 is 2.11 bits per heavy atom. The Morgan fingerprint density at radius 1 is 1.33 bits per heavy atom. The molecule has 0 aromatic carbocycles. The molecule has 106 valence electrons. The predicted octanol–water partition coefficient (Wildman–Crippen LogP) is 2.30. The van der Waals surface area contributed by atoms with Crippen LogP contribution in [-0.4, -0.2) is 55.6 Å². The number of amides is 2. The minimum absolute atomic E-state index is 0.0350. The maximum absolute atomic E-state index is 11.6. The molecule has 0 unspecified atom stereocenters. The highest BCUT2D eigenvalue weighted by atomic mass is 16.2. The number of likely N-dealkylation sites (tertiary alicyclic amines) is 1. The van der Waals surface area contributed by atoms with Crippen molar-refractivity contribution in [1.29, 1.82) is 0 Å². The van der Waals surface area contributed by atoms with Crippen molar-refractivity contribution in [1.82, 2.24) is 15.1 Å². The average Bonchev–Trinajstić information content (AvgIpc) is 2.35. The molecular formula is C14H29N3O. The summed E-state index contributed by atoms with van der Waals surface area (Å²) in [6, 6.07) is 0.368. The lowest BCUT2D eigenvalue weighted by molar-refractivity contribution is 0.174. The Morgan fingerprint density at radius 3 is 2.78 bits per heavy atom. The fourth-order valence-corrected chi connectivity index (χ4v) is 2.44. The molecule has 0 aromatic rings. The Bertz CT molecular complexity index is 243. The summed E-state index contributed by atoms with van der Waals surface area (Å²) in [7, 11) is 3.58. The third-order valence-electron chi connectivity index (χ3n) is 3.57. The summed E-state index contributed by atoms with van der Waals surface area (Å²) in [5.74, 6) is 0. The first-order valence-corrected chi connectivity index (χ1v) is 7.33. The van der Waals surface area contributed by atoms with E-state index in [0.29, 0.717) is 6.04 Å². The predicted molar refractivity (Wildman–Crippen MR) is 75.8 cm³/mol. The van der Waals surface area contributed by atoms with E-state index in [1.807, 2.05) is 0 Å². The van der Waals surface area contributed by atoms with Crippen LogP contribution >= 0.6 is 0 Å². The van der Waals surface area contributed by atoms with Gasteiger partial charge in [0, 0.05) is 26.7 Å². The van der Waals surface area contributed by atoms with Crippen molar-refractivity contribution in [2.45, 2.75) is 51.5 Å². The van der Waals surface area contributed by atoms with Gasteiger partial charge >= 0.3 is 6.03 Å². The Hall–Kier alpha value is -0.770. The summed E-state index contributed by atoms with van der Waals surface area (Å²) in [5.41, 5.74) is 0. The van der Waals surface area contributed by atoms with Crippen LogP contribution in [-0.2, 0) is 0 Å². The largest absolute Gasteiger partial charge is 0.334 e. The van der Waals surface area contributed by atoms with Gasteiger partial charge in [0.15, 0.2) is 0 Å². The first-order valence-electron chi connectivity index (χ1n) is 7.33. The molecule has 1 heterocycles. The zero-order valence-electron chi connectivity index (χ0n) is 12.2. The molecule has 0 spiro atoms. The number of hydrogen-bond acceptors (Lipinski definition) is 2. The molecule has 0 bridgehead atoms. The monoisotopic (exact) mass is 255 g/mol. The first kappa shape index (κ1) is 15.3. The standard InChI is InChI=1S/C14H29N3O/c1-4-5-6-7-10-17-11-8-9-13(12-17)15-14(18)16(2)3/h13H,4-12H2,1-3H3,(H,15,18)/t13-/m0/s1. The summed E-state index contributed by atoms with van der Waals surface area (Å²) in [4.78, 5) is 15.7. The quantitative estimate of drug-likeness (QED) is 0.739. The van der Waals surface area contributed by atoms with Crippen molar-refractivity contribution in [3.63, 3.8) is 0 Å². The van der Waals surface area contributed by atoms with Gasteiger partial charge in [-0.1, -0.05) is 26.2 Å². The lowest BCUT2D eigenvalue weighted by Crippen LogP contribution is -2.50. The van der Waals surface area contributed by atoms with Gasteiger partial charge in [-0.25, -0.2) is 4.79 Å². The number of nitrogens with one attached hydrogen (secondary N) is 1. The minimum atomic E-state index is 0.0350. The number of piperidine rings is 1. The summed E-state index contributed by atoms with van der Waals surface area (Å²) in [5, 5.41) is 3.10. The second-order valence-corrected chi connectivity index (χ2v) is 5.54. The van der Waals surface area contributed by atoms with Crippen LogP contribution < -0.4 is 5.32 Å². The number of hydrogen-bond donors (Lipinski definition) is 1. The van der Waals surface area contributed by atoms with Crippen molar-refractivity contribution >= 4 is 6.03 Å². The van der Waals surface area contributed by atoms with Gasteiger partial charge in [0.1, 0.15) is 0 Å². The van der Waals surface area contributed by atoms with E-state index in [-0.39, 0.29) is 6.03 Å². The Kier molecular flexibility index (Phi) is 7.09. The van der Waals surface area contributed by atoms with Gasteiger partial charge in [-0.3, -0.25) is 0 Å². The van der Waals surface area contributed by atoms with E-state index in [1.165, 1.54) is 45.2 Å². The molecule has 1 rings (SSSR count). The van der Waals surface area contributed by atoms with Gasteiger partial charge in [-0.2, -0.15) is 0 Å². The van der Waals surface area contributed by atoms with E-state index >= 15 is 0 Å². The van der Waals surface area contributed by atoms with Gasteiger partial charge in [0.2, 0.25) is 0 Å². The smallest absolute Gasteiger partial charge is 0.317 e. The number of nitrogens with zero attached hydrogens (tertiary/aromatic N) is 2. The molecule has 1 N–H and O–H groups in total. The summed E-state index contributed by atoms with van der Waals surface area (Å²) >= 11 is 0. The average molecular weight is 255 g/mol. The molecule has 1 saturated heterocycles. The Balaban J connectivity index is 2.21. The Labute approximate surface area is 112 Å². The molecule has 0 aromatic heterocycles. The maximum Gasteiger partial charge on any atom is 0.317 e. The SMILES string of the molecule is CCCCCCN1CCC[C@H](NC(=O)N(C)C)C1. The molecule has 0 saturated carbocycles. The van der Waals surface area contributed by atoms with E-state index in [4.69, 9.17) is 0 Å². The van der Waals surface area contributed by atoms with Crippen LogP contribution in [0.1, 0.15) is 45.4 Å². The topological polar surface area (TPSA) is 35.6 Å². The van der Waals surface area contributed by atoms with Gasteiger partial charge in [-0.05, 0) is 32.4 Å². The molecule has 0 aliphatic carbocycles. The van der Waals surface area contributed by atoms with Gasteiger partial charge < -0.3 is 15.1 Å². The maximum atomic E-state index is 11.6. The number of urea groups is 1. The van der Waals surface area contributed by atoms with Crippen molar-refractivity contribution in [3.8, 4) is 0 Å². The number of unbranched alkanes of at least 4 members (excludes halogenated alkanes) is 3. The number of carbonyl (C=O) groups excluding carboxylic acids is 1. The molecule has 2 amide bonds. The normalized spacial score (nSPS) is 20.7. The molecule has 1 aliphatic rings. The van der Waals surface area contributed by atoms with Crippen LogP contribution in [0, 0.1) is 0 Å². The van der Waals surface area contributed by atoms with Crippen molar-refractivity contribution in [3.05, 3.63) is 0 Å². The molecular weight excluding hydrogens is 226 g/mol. The fourth-order valence-electron chi connectivity index (χ4n) is 2.44. The number of carbonyl (C=O) groups is 1. The highest BCUT2D eigenvalue weighted by molar-refractivity contribution is 5.73. The van der Waals surface area contributed by atoms with Crippen LogP contribution in [0.5, 0.6) is 0 Å². The minimum Gasteiger partial charge on any atom is -0.334 e. The zero-order chi connectivity index (χ0) is 13.4. The van der Waals surface area contributed by atoms with E-state index in [1.54, 1.807) is 19.0 Å². The first-order chi connectivity index (χ1) is 8.63. The van der Waals surface area contributed by atoms with E-state index in [9.17, 15) is 4.79 Å². The molecule has 0 radical (unpaired) electrons. The summed E-state index contributed by atoms with van der Waals surface area (Å²) in [6.45, 7) is 5.65. The second kappa shape index (κ2) is 8.35. The molecule has 1 fully saturated rings. The molecule has 18 heavy (non-hydrogen) atoms. The van der Waals surface area contributed by atoms with Crippen LogP contribution in [0.25, 0.3) is 0 Å². The van der Waals surface area contributed by atoms with Gasteiger partial charge in [0.05, 0.1) is 0 Å². The molecule has 4 nitrogen and oxygen atoms in total. The van der Waals surface area contributed by atoms with Crippen molar-refractivity contribution < 1.29 is 4.79 Å². The summed E-state index contributed by atoms with van der Waals surface area (Å²) < 4.78 is 0. The highest BCUT2D eigenvalue weighted by Gasteiger charge is 2.21. The number of rotatable bonds is 6. The van der Waals surface area contributed by atoms with Gasteiger partial charge in [-0.15, -0.1) is 0 Å². The zero-order valence-corrected chi connectivity index (χ0v) is 12.2. The lowest BCUT2D eigenvalue weighted by atomic mass is 10.1. The van der Waals surface area contributed by atoms with Crippen LogP contribution in [0.2, 0.25) is 0 Å². The molecule has 1 atom stereocenters. The van der Waals surface area contributed by atoms with E-state index in [2.05, 4.69) is 17.1 Å².